The molecule has 1 aromatic rings. The number of nitrogens with one attached hydrogen (secondary N) is 2. The molecule has 5 nitrogen and oxygen atoms in total. The van der Waals surface area contributed by atoms with Gasteiger partial charge in [-0.3, -0.25) is 4.90 Å². The second-order valence-electron chi connectivity index (χ2n) is 7.27. The maximum Gasteiger partial charge on any atom is 0.191 e. The molecular formula is C20H35IN4O. The number of ether oxygens (including phenoxy) is 1. The van der Waals surface area contributed by atoms with E-state index in [4.69, 9.17) is 9.73 Å². The lowest BCUT2D eigenvalue weighted by molar-refractivity contribution is 0.265. The van der Waals surface area contributed by atoms with Gasteiger partial charge in [-0.25, -0.2) is 4.99 Å². The Balaban J connectivity index is 0.00000338. The predicted molar refractivity (Wildman–Crippen MR) is 121 cm³/mol. The summed E-state index contributed by atoms with van der Waals surface area (Å²) in [4.78, 5) is 7.31. The van der Waals surface area contributed by atoms with Crippen molar-refractivity contribution in [1.82, 2.24) is 15.5 Å². The second kappa shape index (κ2) is 11.0. The van der Waals surface area contributed by atoms with E-state index in [0.717, 1.165) is 36.9 Å². The molecule has 1 aliphatic rings. The quantitative estimate of drug-likeness (QED) is 0.377. The number of halogens is 1. The molecule has 148 valence electrons. The van der Waals surface area contributed by atoms with Crippen molar-refractivity contribution in [3.63, 3.8) is 0 Å². The topological polar surface area (TPSA) is 48.9 Å². The molecule has 1 fully saturated rings. The molecule has 6 heteroatoms. The Bertz CT molecular complexity index is 591. The lowest BCUT2D eigenvalue weighted by Gasteiger charge is -2.22. The normalized spacial score (nSPS) is 20.8. The summed E-state index contributed by atoms with van der Waals surface area (Å²) in [7, 11) is 1.70. The smallest absolute Gasteiger partial charge is 0.191 e. The number of aryl methyl sites for hydroxylation is 1. The standard InChI is InChI=1S/C20H34N4O.HI/c1-7-21-20(23-18-13-24(14(2)3)12-16(18)5)22-11-17-8-9-19(25-6)15(4)10-17;/h8-10,14,16,18H,7,11-13H2,1-6H3,(H2,21,22,23);1H. The molecule has 2 rings (SSSR count). The van der Waals surface area contributed by atoms with E-state index in [1.54, 1.807) is 7.11 Å². The summed E-state index contributed by atoms with van der Waals surface area (Å²) in [6.07, 6.45) is 0. The minimum atomic E-state index is 0. The van der Waals surface area contributed by atoms with Gasteiger partial charge in [-0.05, 0) is 50.8 Å². The van der Waals surface area contributed by atoms with Gasteiger partial charge >= 0.3 is 0 Å². The van der Waals surface area contributed by atoms with Crippen molar-refractivity contribution < 1.29 is 4.74 Å². The highest BCUT2D eigenvalue weighted by Gasteiger charge is 2.31. The van der Waals surface area contributed by atoms with Crippen molar-refractivity contribution in [2.24, 2.45) is 10.9 Å². The van der Waals surface area contributed by atoms with Crippen LogP contribution in [0.25, 0.3) is 0 Å². The van der Waals surface area contributed by atoms with Gasteiger partial charge < -0.3 is 15.4 Å². The molecule has 1 heterocycles. The Hall–Kier alpha value is -1.02. The zero-order chi connectivity index (χ0) is 18.4. The number of hydrogen-bond acceptors (Lipinski definition) is 3. The summed E-state index contributed by atoms with van der Waals surface area (Å²) >= 11 is 0. The van der Waals surface area contributed by atoms with Gasteiger partial charge in [0.25, 0.3) is 0 Å². The number of likely N-dealkylation sites (tertiary alicyclic amines) is 1. The van der Waals surface area contributed by atoms with Crippen LogP contribution in [0.3, 0.4) is 0 Å². The molecule has 0 spiro atoms. The minimum absolute atomic E-state index is 0. The number of nitrogens with zero attached hydrogens (tertiary/aromatic N) is 2. The predicted octanol–water partition coefficient (Wildman–Crippen LogP) is 3.41. The fourth-order valence-electron chi connectivity index (χ4n) is 3.32. The molecule has 1 saturated heterocycles. The van der Waals surface area contributed by atoms with Crippen LogP contribution in [0, 0.1) is 12.8 Å². The fraction of sp³-hybridized carbons (Fsp3) is 0.650. The molecule has 26 heavy (non-hydrogen) atoms. The molecule has 0 saturated carbocycles. The van der Waals surface area contributed by atoms with Crippen LogP contribution in [0.2, 0.25) is 0 Å². The molecule has 0 aromatic heterocycles. The Kier molecular flexibility index (Phi) is 9.71. The van der Waals surface area contributed by atoms with Crippen molar-refractivity contribution in [1.29, 1.82) is 0 Å². The zero-order valence-electron chi connectivity index (χ0n) is 17.0. The summed E-state index contributed by atoms with van der Waals surface area (Å²) in [6.45, 7) is 14.8. The number of aliphatic imine (C=N–C) groups is 1. The van der Waals surface area contributed by atoms with Gasteiger partial charge in [0.2, 0.25) is 0 Å². The number of benzene rings is 1. The number of guanidine groups is 1. The first-order chi connectivity index (χ1) is 11.9. The SMILES string of the molecule is CCNC(=NCc1ccc(OC)c(C)c1)NC1CN(C(C)C)CC1C.I. The van der Waals surface area contributed by atoms with Crippen LogP contribution in [0.5, 0.6) is 5.75 Å². The van der Waals surface area contributed by atoms with Crippen LogP contribution in [-0.4, -0.2) is 49.7 Å². The highest BCUT2D eigenvalue weighted by Crippen LogP contribution is 2.20. The van der Waals surface area contributed by atoms with E-state index >= 15 is 0 Å². The monoisotopic (exact) mass is 474 g/mol. The Morgan fingerprint density at radius 1 is 1.35 bits per heavy atom. The third-order valence-corrected chi connectivity index (χ3v) is 4.92. The molecule has 0 aliphatic carbocycles. The highest BCUT2D eigenvalue weighted by molar-refractivity contribution is 14.0. The first kappa shape index (κ1) is 23.0. The third-order valence-electron chi connectivity index (χ3n) is 4.92. The maximum atomic E-state index is 5.33. The number of methoxy groups -OCH3 is 1. The van der Waals surface area contributed by atoms with E-state index in [9.17, 15) is 0 Å². The lowest BCUT2D eigenvalue weighted by Crippen LogP contribution is -2.46. The van der Waals surface area contributed by atoms with Crippen LogP contribution in [0.15, 0.2) is 23.2 Å². The summed E-state index contributed by atoms with van der Waals surface area (Å²) in [6, 6.07) is 7.27. The molecule has 1 aromatic carbocycles. The summed E-state index contributed by atoms with van der Waals surface area (Å²) in [5, 5.41) is 7.01. The van der Waals surface area contributed by atoms with Gasteiger partial charge in [-0.2, -0.15) is 0 Å². The van der Waals surface area contributed by atoms with E-state index in [1.165, 1.54) is 5.56 Å². The molecule has 0 radical (unpaired) electrons. The first-order valence-corrected chi connectivity index (χ1v) is 9.37. The van der Waals surface area contributed by atoms with Gasteiger partial charge in [0, 0.05) is 31.7 Å². The van der Waals surface area contributed by atoms with Crippen molar-refractivity contribution in [2.45, 2.75) is 53.2 Å². The molecule has 2 N–H and O–H groups in total. The first-order valence-electron chi connectivity index (χ1n) is 9.37. The summed E-state index contributed by atoms with van der Waals surface area (Å²) in [5.74, 6) is 2.44. The van der Waals surface area contributed by atoms with E-state index in [-0.39, 0.29) is 24.0 Å². The lowest BCUT2D eigenvalue weighted by atomic mass is 10.1. The van der Waals surface area contributed by atoms with E-state index in [2.05, 4.69) is 62.3 Å². The van der Waals surface area contributed by atoms with Crippen LogP contribution >= 0.6 is 24.0 Å². The molecule has 0 amide bonds. The van der Waals surface area contributed by atoms with Crippen LogP contribution in [-0.2, 0) is 6.54 Å². The van der Waals surface area contributed by atoms with Gasteiger partial charge in [-0.15, -0.1) is 24.0 Å². The van der Waals surface area contributed by atoms with E-state index < -0.39 is 0 Å². The van der Waals surface area contributed by atoms with Gasteiger partial charge in [0.05, 0.1) is 13.7 Å². The average molecular weight is 474 g/mol. The van der Waals surface area contributed by atoms with Crippen molar-refractivity contribution in [3.8, 4) is 5.75 Å². The van der Waals surface area contributed by atoms with Crippen LogP contribution in [0.1, 0.15) is 38.8 Å². The number of hydrogen-bond donors (Lipinski definition) is 2. The van der Waals surface area contributed by atoms with Gasteiger partial charge in [0.1, 0.15) is 5.75 Å². The van der Waals surface area contributed by atoms with Crippen LogP contribution < -0.4 is 15.4 Å². The highest BCUT2D eigenvalue weighted by atomic mass is 127. The summed E-state index contributed by atoms with van der Waals surface area (Å²) < 4.78 is 5.33. The van der Waals surface area contributed by atoms with Crippen molar-refractivity contribution in [2.75, 3.05) is 26.7 Å². The molecule has 0 bridgehead atoms. The zero-order valence-corrected chi connectivity index (χ0v) is 19.3. The second-order valence-corrected chi connectivity index (χ2v) is 7.27. The summed E-state index contributed by atoms with van der Waals surface area (Å²) in [5.41, 5.74) is 2.34. The van der Waals surface area contributed by atoms with Gasteiger partial charge in [0.15, 0.2) is 5.96 Å². The Labute approximate surface area is 176 Å². The van der Waals surface area contributed by atoms with E-state index in [1.807, 2.05) is 6.07 Å². The maximum absolute atomic E-state index is 5.33. The Morgan fingerprint density at radius 3 is 2.62 bits per heavy atom. The number of rotatable bonds is 6. The average Bonchev–Trinajstić information content (AvgIpc) is 2.94. The van der Waals surface area contributed by atoms with Crippen molar-refractivity contribution in [3.05, 3.63) is 29.3 Å². The van der Waals surface area contributed by atoms with Crippen molar-refractivity contribution >= 4 is 29.9 Å². The molecule has 2 unspecified atom stereocenters. The minimum Gasteiger partial charge on any atom is -0.496 e. The van der Waals surface area contributed by atoms with Gasteiger partial charge in [-0.1, -0.05) is 19.1 Å². The largest absolute Gasteiger partial charge is 0.496 e. The Morgan fingerprint density at radius 2 is 2.08 bits per heavy atom. The van der Waals surface area contributed by atoms with E-state index in [0.29, 0.717) is 24.5 Å². The molecule has 2 atom stereocenters. The van der Waals surface area contributed by atoms with Crippen LogP contribution in [0.4, 0.5) is 0 Å². The molecule has 1 aliphatic heterocycles. The third kappa shape index (κ3) is 6.30. The molecular weight excluding hydrogens is 439 g/mol. The fourth-order valence-corrected chi connectivity index (χ4v) is 3.32.